The minimum Gasteiger partial charge on any atom is -0.487 e. The number of halogens is 1. The van der Waals surface area contributed by atoms with Gasteiger partial charge in [0.15, 0.2) is 0 Å². The van der Waals surface area contributed by atoms with E-state index >= 15 is 0 Å². The minimum atomic E-state index is -0.373. The molecule has 106 valence electrons. The Kier molecular flexibility index (Phi) is 3.90. The Balaban J connectivity index is 1.96. The second-order valence-electron chi connectivity index (χ2n) is 4.38. The molecule has 0 radical (unpaired) electrons. The third-order valence-electron chi connectivity index (χ3n) is 3.06. The molecule has 0 bridgehead atoms. The maximum absolute atomic E-state index is 11.1. The van der Waals surface area contributed by atoms with Gasteiger partial charge in [-0.05, 0) is 40.2 Å². The molecule has 0 N–H and O–H groups in total. The van der Waals surface area contributed by atoms with Gasteiger partial charge in [0, 0.05) is 16.3 Å². The summed E-state index contributed by atoms with van der Waals surface area (Å²) in [5.74, 6) is 0.653. The van der Waals surface area contributed by atoms with Crippen LogP contribution in [-0.2, 0) is 6.61 Å². The van der Waals surface area contributed by atoms with E-state index in [1.54, 1.807) is 29.5 Å². The summed E-state index contributed by atoms with van der Waals surface area (Å²) in [5.41, 5.74) is 0.0943. The SMILES string of the molecule is O=[N+]([O-])c1ccc(OCc2ccc(Br)s2)c2ccccc12. The van der Waals surface area contributed by atoms with Gasteiger partial charge in [0.05, 0.1) is 14.1 Å². The molecule has 3 aromatic rings. The second kappa shape index (κ2) is 5.83. The predicted octanol–water partition coefficient (Wildman–Crippen LogP) is 5.15. The van der Waals surface area contributed by atoms with Crippen LogP contribution in [-0.4, -0.2) is 4.92 Å². The van der Waals surface area contributed by atoms with Crippen LogP contribution in [0.15, 0.2) is 52.3 Å². The standard InChI is InChI=1S/C15H10BrNO3S/c16-15-8-5-10(21-15)9-20-14-7-6-13(17(18)19)11-3-1-2-4-12(11)14/h1-8H,9H2. The van der Waals surface area contributed by atoms with E-state index in [9.17, 15) is 10.1 Å². The lowest BCUT2D eigenvalue weighted by Crippen LogP contribution is -1.95. The van der Waals surface area contributed by atoms with E-state index in [0.717, 1.165) is 14.0 Å². The largest absolute Gasteiger partial charge is 0.487 e. The lowest BCUT2D eigenvalue weighted by Gasteiger charge is -2.08. The Bertz CT molecular complexity index is 816. The minimum absolute atomic E-state index is 0.0943. The van der Waals surface area contributed by atoms with Crippen LogP contribution in [0.3, 0.4) is 0 Å². The molecule has 0 aliphatic carbocycles. The Morgan fingerprint density at radius 2 is 1.86 bits per heavy atom. The second-order valence-corrected chi connectivity index (χ2v) is 6.93. The highest BCUT2D eigenvalue weighted by Crippen LogP contribution is 2.33. The first-order valence-corrected chi connectivity index (χ1v) is 7.79. The first kappa shape index (κ1) is 14.0. The van der Waals surface area contributed by atoms with Crippen LogP contribution >= 0.6 is 27.3 Å². The van der Waals surface area contributed by atoms with E-state index in [2.05, 4.69) is 15.9 Å². The van der Waals surface area contributed by atoms with Crippen molar-refractivity contribution in [2.24, 2.45) is 0 Å². The first-order valence-electron chi connectivity index (χ1n) is 6.18. The molecule has 0 atom stereocenters. The highest BCUT2D eigenvalue weighted by molar-refractivity contribution is 9.11. The topological polar surface area (TPSA) is 52.4 Å². The maximum Gasteiger partial charge on any atom is 0.277 e. The van der Waals surface area contributed by atoms with Crippen LogP contribution in [0, 0.1) is 10.1 Å². The van der Waals surface area contributed by atoms with Crippen molar-refractivity contribution in [3.05, 3.63) is 67.3 Å². The van der Waals surface area contributed by atoms with E-state index in [-0.39, 0.29) is 10.6 Å². The molecular weight excluding hydrogens is 354 g/mol. The third-order valence-corrected chi connectivity index (χ3v) is 4.65. The van der Waals surface area contributed by atoms with Crippen LogP contribution in [0.2, 0.25) is 0 Å². The van der Waals surface area contributed by atoms with Crippen molar-refractivity contribution >= 4 is 43.7 Å². The molecule has 0 amide bonds. The van der Waals surface area contributed by atoms with E-state index in [0.29, 0.717) is 17.7 Å². The predicted molar refractivity (Wildman–Crippen MR) is 87.0 cm³/mol. The molecule has 0 unspecified atom stereocenters. The summed E-state index contributed by atoms with van der Waals surface area (Å²) in [5, 5.41) is 12.4. The molecule has 1 heterocycles. The average molecular weight is 364 g/mol. The molecule has 6 heteroatoms. The molecule has 4 nitrogen and oxygen atoms in total. The van der Waals surface area contributed by atoms with Crippen molar-refractivity contribution in [2.75, 3.05) is 0 Å². The normalized spacial score (nSPS) is 10.7. The molecule has 0 aliphatic heterocycles. The number of fused-ring (bicyclic) bond motifs is 1. The summed E-state index contributed by atoms with van der Waals surface area (Å²) in [7, 11) is 0. The zero-order valence-corrected chi connectivity index (χ0v) is 13.2. The van der Waals surface area contributed by atoms with Gasteiger partial charge >= 0.3 is 0 Å². The zero-order chi connectivity index (χ0) is 14.8. The number of nitro benzene ring substituents is 1. The van der Waals surface area contributed by atoms with E-state index in [1.165, 1.54) is 6.07 Å². The van der Waals surface area contributed by atoms with Gasteiger partial charge in [-0.3, -0.25) is 10.1 Å². The van der Waals surface area contributed by atoms with Crippen molar-refractivity contribution in [1.29, 1.82) is 0 Å². The summed E-state index contributed by atoms with van der Waals surface area (Å²) in [4.78, 5) is 11.8. The number of nitrogens with zero attached hydrogens (tertiary/aromatic N) is 1. The number of ether oxygens (including phenoxy) is 1. The Morgan fingerprint density at radius 1 is 1.10 bits per heavy atom. The number of rotatable bonds is 4. The van der Waals surface area contributed by atoms with Crippen LogP contribution in [0.4, 0.5) is 5.69 Å². The molecule has 0 aliphatic rings. The third kappa shape index (κ3) is 2.91. The van der Waals surface area contributed by atoms with Gasteiger partial charge in [-0.25, -0.2) is 0 Å². The van der Waals surface area contributed by atoms with Gasteiger partial charge in [-0.2, -0.15) is 0 Å². The number of benzene rings is 2. The molecule has 0 saturated heterocycles. The van der Waals surface area contributed by atoms with Crippen molar-refractivity contribution in [2.45, 2.75) is 6.61 Å². The summed E-state index contributed by atoms with van der Waals surface area (Å²) in [6.45, 7) is 0.443. The first-order chi connectivity index (χ1) is 10.1. The summed E-state index contributed by atoms with van der Waals surface area (Å²) < 4.78 is 6.87. The van der Waals surface area contributed by atoms with Gasteiger partial charge in [0.1, 0.15) is 12.4 Å². The monoisotopic (exact) mass is 363 g/mol. The van der Waals surface area contributed by atoms with Crippen molar-refractivity contribution in [3.63, 3.8) is 0 Å². The fourth-order valence-electron chi connectivity index (χ4n) is 2.12. The molecule has 2 aromatic carbocycles. The van der Waals surface area contributed by atoms with Crippen LogP contribution in [0.1, 0.15) is 4.88 Å². The van der Waals surface area contributed by atoms with E-state index in [1.807, 2.05) is 24.3 Å². The molecule has 21 heavy (non-hydrogen) atoms. The molecule has 0 fully saturated rings. The van der Waals surface area contributed by atoms with E-state index < -0.39 is 0 Å². The Hall–Kier alpha value is -1.92. The Labute approximate surface area is 133 Å². The number of hydrogen-bond acceptors (Lipinski definition) is 4. The van der Waals surface area contributed by atoms with Crippen molar-refractivity contribution in [1.82, 2.24) is 0 Å². The fraction of sp³-hybridized carbons (Fsp3) is 0.0667. The van der Waals surface area contributed by atoms with Gasteiger partial charge in [-0.15, -0.1) is 11.3 Å². The van der Waals surface area contributed by atoms with Crippen molar-refractivity contribution < 1.29 is 9.66 Å². The molecule has 0 saturated carbocycles. The molecule has 1 aromatic heterocycles. The summed E-state index contributed by atoms with van der Waals surface area (Å²) in [6.07, 6.45) is 0. The summed E-state index contributed by atoms with van der Waals surface area (Å²) >= 11 is 5.02. The van der Waals surface area contributed by atoms with Gasteiger partial charge in [-0.1, -0.05) is 18.2 Å². The fourth-order valence-corrected chi connectivity index (χ4v) is 3.52. The molecule has 3 rings (SSSR count). The maximum atomic E-state index is 11.1. The van der Waals surface area contributed by atoms with Crippen LogP contribution in [0.25, 0.3) is 10.8 Å². The number of non-ortho nitro benzene ring substituents is 1. The van der Waals surface area contributed by atoms with Crippen LogP contribution < -0.4 is 4.74 Å². The Morgan fingerprint density at radius 3 is 2.52 bits per heavy atom. The number of nitro groups is 1. The quantitative estimate of drug-likeness (QED) is 0.475. The van der Waals surface area contributed by atoms with Gasteiger partial charge in [0.25, 0.3) is 5.69 Å². The average Bonchev–Trinajstić information content (AvgIpc) is 2.90. The zero-order valence-electron chi connectivity index (χ0n) is 10.8. The highest BCUT2D eigenvalue weighted by Gasteiger charge is 2.14. The molecule has 0 spiro atoms. The summed E-state index contributed by atoms with van der Waals surface area (Å²) in [6, 6.07) is 14.3. The smallest absolute Gasteiger partial charge is 0.277 e. The van der Waals surface area contributed by atoms with Crippen molar-refractivity contribution in [3.8, 4) is 5.75 Å². The van der Waals surface area contributed by atoms with Crippen LogP contribution in [0.5, 0.6) is 5.75 Å². The number of hydrogen-bond donors (Lipinski definition) is 0. The van der Waals surface area contributed by atoms with E-state index in [4.69, 9.17) is 4.74 Å². The lowest BCUT2D eigenvalue weighted by molar-refractivity contribution is -0.383. The lowest BCUT2D eigenvalue weighted by atomic mass is 10.1. The van der Waals surface area contributed by atoms with Gasteiger partial charge in [0.2, 0.25) is 0 Å². The van der Waals surface area contributed by atoms with Gasteiger partial charge < -0.3 is 4.74 Å². The molecular formula is C15H10BrNO3S. The highest BCUT2D eigenvalue weighted by atomic mass is 79.9. The number of thiophene rings is 1.